The number of carbonyl (C=O) groups is 1. The Kier molecular flexibility index (Phi) is 7.09. The van der Waals surface area contributed by atoms with Gasteiger partial charge >= 0.3 is 0 Å². The van der Waals surface area contributed by atoms with Gasteiger partial charge in [0.1, 0.15) is 0 Å². The number of carbonyl (C=O) groups excluding carboxylic acids is 1. The van der Waals surface area contributed by atoms with Gasteiger partial charge in [-0.1, -0.05) is 18.8 Å². The fourth-order valence-electron chi connectivity index (χ4n) is 1.50. The maximum absolute atomic E-state index is 12.0. The maximum atomic E-state index is 12.0. The standard InChI is InChI=1S/C15H20N2OS/c1-3-19-11-12(2)17-15(18)14-8-6-13(7-9-14)5-4-10-16/h6-9,12H,3,10-11,16H2,1-2H3,(H,17,18). The third kappa shape index (κ3) is 5.82. The zero-order chi connectivity index (χ0) is 14.1. The second kappa shape index (κ2) is 8.63. The third-order valence-corrected chi connectivity index (χ3v) is 3.58. The highest BCUT2D eigenvalue weighted by atomic mass is 32.2. The predicted molar refractivity (Wildman–Crippen MR) is 82.3 cm³/mol. The van der Waals surface area contributed by atoms with Crippen LogP contribution in [0.2, 0.25) is 0 Å². The molecule has 0 heterocycles. The van der Waals surface area contributed by atoms with Gasteiger partial charge in [0.25, 0.3) is 5.91 Å². The van der Waals surface area contributed by atoms with E-state index in [9.17, 15) is 4.79 Å². The van der Waals surface area contributed by atoms with Gasteiger partial charge in [0.05, 0.1) is 6.54 Å². The number of amides is 1. The molecule has 0 saturated carbocycles. The lowest BCUT2D eigenvalue weighted by Crippen LogP contribution is -2.34. The molecule has 1 aromatic rings. The number of hydrogen-bond donors (Lipinski definition) is 2. The molecule has 1 aromatic carbocycles. The van der Waals surface area contributed by atoms with E-state index in [4.69, 9.17) is 5.73 Å². The minimum Gasteiger partial charge on any atom is -0.349 e. The van der Waals surface area contributed by atoms with E-state index in [1.165, 1.54) is 0 Å². The van der Waals surface area contributed by atoms with Crippen molar-refractivity contribution in [1.82, 2.24) is 5.32 Å². The second-order valence-corrected chi connectivity index (χ2v) is 5.44. The van der Waals surface area contributed by atoms with E-state index in [2.05, 4.69) is 24.1 Å². The SMILES string of the molecule is CCSCC(C)NC(=O)c1ccc(C#CCN)cc1. The summed E-state index contributed by atoms with van der Waals surface area (Å²) in [7, 11) is 0. The smallest absolute Gasteiger partial charge is 0.251 e. The van der Waals surface area contributed by atoms with Crippen molar-refractivity contribution < 1.29 is 4.79 Å². The molecule has 0 aliphatic rings. The molecule has 3 N–H and O–H groups in total. The maximum Gasteiger partial charge on any atom is 0.251 e. The summed E-state index contributed by atoms with van der Waals surface area (Å²) in [6, 6.07) is 7.42. The first-order valence-electron chi connectivity index (χ1n) is 6.35. The van der Waals surface area contributed by atoms with Crippen molar-refractivity contribution in [1.29, 1.82) is 0 Å². The van der Waals surface area contributed by atoms with Crippen LogP contribution < -0.4 is 11.1 Å². The lowest BCUT2D eigenvalue weighted by Gasteiger charge is -2.13. The van der Waals surface area contributed by atoms with Gasteiger partial charge in [-0.3, -0.25) is 4.79 Å². The Balaban J connectivity index is 2.57. The molecule has 0 radical (unpaired) electrons. The molecule has 0 saturated heterocycles. The summed E-state index contributed by atoms with van der Waals surface area (Å²) in [5.41, 5.74) is 6.84. The van der Waals surface area contributed by atoms with E-state index in [1.54, 1.807) is 12.1 Å². The highest BCUT2D eigenvalue weighted by Gasteiger charge is 2.09. The average molecular weight is 276 g/mol. The van der Waals surface area contributed by atoms with Crippen molar-refractivity contribution in [2.75, 3.05) is 18.1 Å². The molecule has 1 amide bonds. The number of rotatable bonds is 5. The van der Waals surface area contributed by atoms with Gasteiger partial charge in [-0.15, -0.1) is 0 Å². The number of nitrogens with two attached hydrogens (primary N) is 1. The number of thioether (sulfide) groups is 1. The van der Waals surface area contributed by atoms with Gasteiger partial charge in [0, 0.05) is 22.9 Å². The topological polar surface area (TPSA) is 55.1 Å². The van der Waals surface area contributed by atoms with Crippen molar-refractivity contribution in [3.63, 3.8) is 0 Å². The van der Waals surface area contributed by atoms with Crippen LogP contribution in [0.4, 0.5) is 0 Å². The van der Waals surface area contributed by atoms with Crippen LogP contribution in [0.25, 0.3) is 0 Å². The summed E-state index contributed by atoms with van der Waals surface area (Å²) in [6.07, 6.45) is 0. The molecule has 1 rings (SSSR count). The Morgan fingerprint density at radius 1 is 1.42 bits per heavy atom. The quantitative estimate of drug-likeness (QED) is 0.807. The molecule has 0 bridgehead atoms. The first-order chi connectivity index (χ1) is 9.17. The summed E-state index contributed by atoms with van der Waals surface area (Å²) in [5.74, 6) is 7.67. The lowest BCUT2D eigenvalue weighted by molar-refractivity contribution is 0.0944. The lowest BCUT2D eigenvalue weighted by atomic mass is 10.1. The van der Waals surface area contributed by atoms with Crippen molar-refractivity contribution in [3.8, 4) is 11.8 Å². The monoisotopic (exact) mass is 276 g/mol. The average Bonchev–Trinajstić information content (AvgIpc) is 2.43. The highest BCUT2D eigenvalue weighted by Crippen LogP contribution is 2.05. The first kappa shape index (κ1) is 15.6. The van der Waals surface area contributed by atoms with Gasteiger partial charge in [-0.2, -0.15) is 11.8 Å². The van der Waals surface area contributed by atoms with E-state index in [1.807, 2.05) is 30.8 Å². The van der Waals surface area contributed by atoms with Gasteiger partial charge < -0.3 is 11.1 Å². The zero-order valence-corrected chi connectivity index (χ0v) is 12.2. The molecule has 3 nitrogen and oxygen atoms in total. The van der Waals surface area contributed by atoms with Gasteiger partial charge in [-0.05, 0) is 36.9 Å². The van der Waals surface area contributed by atoms with E-state index in [0.717, 1.165) is 17.1 Å². The Labute approximate surface area is 119 Å². The van der Waals surface area contributed by atoms with Crippen molar-refractivity contribution in [2.24, 2.45) is 5.73 Å². The van der Waals surface area contributed by atoms with Gasteiger partial charge in [-0.25, -0.2) is 0 Å². The van der Waals surface area contributed by atoms with E-state index in [0.29, 0.717) is 12.1 Å². The van der Waals surface area contributed by atoms with Crippen molar-refractivity contribution in [2.45, 2.75) is 19.9 Å². The molecular formula is C15H20N2OS. The fourth-order valence-corrected chi connectivity index (χ4v) is 2.17. The van der Waals surface area contributed by atoms with E-state index >= 15 is 0 Å². The number of hydrogen-bond acceptors (Lipinski definition) is 3. The van der Waals surface area contributed by atoms with Crippen LogP contribution in [0, 0.1) is 11.8 Å². The van der Waals surface area contributed by atoms with Crippen molar-refractivity contribution in [3.05, 3.63) is 35.4 Å². The van der Waals surface area contributed by atoms with E-state index < -0.39 is 0 Å². The minimum atomic E-state index is -0.0393. The summed E-state index contributed by atoms with van der Waals surface area (Å²) < 4.78 is 0. The highest BCUT2D eigenvalue weighted by molar-refractivity contribution is 7.99. The second-order valence-electron chi connectivity index (χ2n) is 4.12. The Hall–Kier alpha value is -1.44. The van der Waals surface area contributed by atoms with Crippen LogP contribution >= 0.6 is 11.8 Å². The van der Waals surface area contributed by atoms with Crippen LogP contribution in [0.5, 0.6) is 0 Å². The van der Waals surface area contributed by atoms with Crippen molar-refractivity contribution >= 4 is 17.7 Å². The van der Waals surface area contributed by atoms with E-state index in [-0.39, 0.29) is 11.9 Å². The molecule has 1 atom stereocenters. The molecule has 1 unspecified atom stereocenters. The van der Waals surface area contributed by atoms with Gasteiger partial charge in [0.2, 0.25) is 0 Å². The largest absolute Gasteiger partial charge is 0.349 e. The third-order valence-electron chi connectivity index (χ3n) is 2.43. The van der Waals surface area contributed by atoms with Crippen LogP contribution in [-0.2, 0) is 0 Å². The van der Waals surface area contributed by atoms with Crippen LogP contribution in [-0.4, -0.2) is 30.0 Å². The summed E-state index contributed by atoms with van der Waals surface area (Å²) in [5, 5.41) is 2.98. The molecule has 19 heavy (non-hydrogen) atoms. The molecule has 102 valence electrons. The summed E-state index contributed by atoms with van der Waals surface area (Å²) >= 11 is 1.82. The number of benzene rings is 1. The number of nitrogens with one attached hydrogen (secondary N) is 1. The van der Waals surface area contributed by atoms with Crippen LogP contribution in [0.3, 0.4) is 0 Å². The zero-order valence-electron chi connectivity index (χ0n) is 11.4. The Morgan fingerprint density at radius 3 is 2.68 bits per heavy atom. The molecule has 0 aliphatic carbocycles. The molecule has 0 aromatic heterocycles. The Morgan fingerprint density at radius 2 is 2.11 bits per heavy atom. The molecule has 0 spiro atoms. The predicted octanol–water partition coefficient (Wildman–Crippen LogP) is 1.87. The summed E-state index contributed by atoms with van der Waals surface area (Å²) in [6.45, 7) is 4.47. The Bertz CT molecular complexity index is 459. The van der Waals surface area contributed by atoms with Gasteiger partial charge in [0.15, 0.2) is 0 Å². The van der Waals surface area contributed by atoms with Crippen LogP contribution in [0.1, 0.15) is 29.8 Å². The summed E-state index contributed by atoms with van der Waals surface area (Å²) in [4.78, 5) is 12.0. The molecular weight excluding hydrogens is 256 g/mol. The molecule has 0 fully saturated rings. The normalized spacial score (nSPS) is 11.3. The van der Waals surface area contributed by atoms with Crippen LogP contribution in [0.15, 0.2) is 24.3 Å². The fraction of sp³-hybridized carbons (Fsp3) is 0.400. The minimum absolute atomic E-state index is 0.0393. The first-order valence-corrected chi connectivity index (χ1v) is 7.50. The molecule has 0 aliphatic heterocycles. The molecule has 4 heteroatoms.